The van der Waals surface area contributed by atoms with Gasteiger partial charge in [0.05, 0.1) is 0 Å². The first-order valence-electron chi connectivity index (χ1n) is 1.58. The Morgan fingerprint density at radius 1 is 1.80 bits per heavy atom. The predicted molar refractivity (Wildman–Crippen MR) is 26.3 cm³/mol. The molecule has 0 spiro atoms. The van der Waals surface area contributed by atoms with Crippen LogP contribution in [0.2, 0.25) is 0 Å². The molecule has 0 heterocycles. The zero-order valence-electron chi connectivity index (χ0n) is 3.31. The number of allylic oxidation sites excluding steroid dienone is 1. The van der Waals surface area contributed by atoms with E-state index in [0.717, 1.165) is 0 Å². The average Bonchev–Trinajstić information content (AvgIpc) is 1.41. The Hall–Kier alpha value is -0.130. The second kappa shape index (κ2) is 3.87. The number of hydrogen-bond acceptors (Lipinski definition) is 0. The van der Waals surface area contributed by atoms with E-state index in [1.54, 1.807) is 5.98 Å². The molecule has 0 unspecified atom stereocenters. The summed E-state index contributed by atoms with van der Waals surface area (Å²) in [5.74, 6) is 1.78. The van der Waals surface area contributed by atoms with Crippen molar-refractivity contribution < 1.29 is 0 Å². The van der Waals surface area contributed by atoms with E-state index in [-0.39, 0.29) is 0 Å². The van der Waals surface area contributed by atoms with Crippen molar-refractivity contribution in [1.29, 1.82) is 0 Å². The van der Waals surface area contributed by atoms with Crippen LogP contribution in [-0.4, -0.2) is 14.2 Å². The number of rotatable bonds is 1. The van der Waals surface area contributed by atoms with Crippen molar-refractivity contribution in [2.45, 2.75) is 6.92 Å². The molecule has 0 rings (SSSR count). The predicted octanol–water partition coefficient (Wildman–Crippen LogP) is 0.308. The molecule has 0 saturated carbocycles. The molecule has 5 heavy (non-hydrogen) atoms. The van der Waals surface area contributed by atoms with Gasteiger partial charge >= 0.3 is 33.1 Å². The molecule has 0 fully saturated rings. The minimum absolute atomic E-state index is 1.50. The maximum absolute atomic E-state index is 4.93. The third-order valence-electron chi connectivity index (χ3n) is 0.304. The Bertz CT molecular complexity index is 46.9. The van der Waals surface area contributed by atoms with Crippen LogP contribution in [0.4, 0.5) is 0 Å². The first-order chi connectivity index (χ1) is 2.41. The molecule has 0 aliphatic carbocycles. The van der Waals surface area contributed by atoms with E-state index in [2.05, 4.69) is 0 Å². The molecule has 0 aliphatic heterocycles. The summed E-state index contributed by atoms with van der Waals surface area (Å²) in [4.78, 5) is 0. The minimum atomic E-state index is 1.50. The molecule has 0 atom stereocenters. The molecule has 0 aliphatic rings. The Labute approximate surface area is 34.2 Å². The van der Waals surface area contributed by atoms with E-state index in [4.69, 9.17) is 7.37 Å². The van der Waals surface area contributed by atoms with Gasteiger partial charge in [-0.1, -0.05) is 0 Å². The number of hydrogen-bond donors (Lipinski definition) is 0. The standard InChI is InChI=1S/C3H5B2/c1-2-3-5-4/h2-3H,1H3. The molecule has 0 nitrogen and oxygen atoms in total. The first kappa shape index (κ1) is 4.87. The third kappa shape index (κ3) is 3.87. The van der Waals surface area contributed by atoms with E-state index in [9.17, 15) is 0 Å². The molecular weight excluding hydrogens is 57.7 g/mol. The summed E-state index contributed by atoms with van der Waals surface area (Å²) < 4.78 is 0. The molecule has 1 radical (unpaired) electrons. The van der Waals surface area contributed by atoms with Gasteiger partial charge in [0.2, 0.25) is 0 Å². The van der Waals surface area contributed by atoms with Crippen LogP contribution >= 0.6 is 0 Å². The maximum atomic E-state index is 4.93. The second-order valence-corrected chi connectivity index (χ2v) is 0.718. The zero-order chi connectivity index (χ0) is 4.12. The summed E-state index contributed by atoms with van der Waals surface area (Å²) in [6, 6.07) is 0. The summed E-state index contributed by atoms with van der Waals surface area (Å²) in [6.45, 7) is 3.42. The third-order valence-corrected chi connectivity index (χ3v) is 0.304. The summed E-state index contributed by atoms with van der Waals surface area (Å²) >= 11 is 0. The van der Waals surface area contributed by atoms with Crippen LogP contribution in [0.5, 0.6) is 0 Å². The van der Waals surface area contributed by atoms with Gasteiger partial charge in [0, 0.05) is 0 Å². The van der Waals surface area contributed by atoms with Crippen LogP contribution in [0.3, 0.4) is 0 Å². The summed E-state index contributed by atoms with van der Waals surface area (Å²) in [5.41, 5.74) is 0. The summed E-state index contributed by atoms with van der Waals surface area (Å²) in [5, 5.41) is 0. The summed E-state index contributed by atoms with van der Waals surface area (Å²) in [7, 11) is 4.93. The molecule has 0 aromatic heterocycles. The van der Waals surface area contributed by atoms with Crippen molar-refractivity contribution in [2.24, 2.45) is 0 Å². The fourth-order valence-corrected chi connectivity index (χ4v) is 0.111. The Morgan fingerprint density at radius 2 is 2.40 bits per heavy atom. The molecule has 0 aromatic carbocycles. The van der Waals surface area contributed by atoms with Gasteiger partial charge in [0.25, 0.3) is 0 Å². The van der Waals surface area contributed by atoms with E-state index in [0.29, 0.717) is 0 Å². The molecule has 0 amide bonds. The SMILES string of the molecule is [B]=BC=CC. The molecule has 2 heteroatoms. The van der Waals surface area contributed by atoms with Gasteiger partial charge < -0.3 is 0 Å². The van der Waals surface area contributed by atoms with Gasteiger partial charge in [0.1, 0.15) is 0 Å². The summed E-state index contributed by atoms with van der Waals surface area (Å²) in [6.07, 6.45) is 1.88. The molecule has 0 bridgehead atoms. The Balaban J connectivity index is 2.92. The van der Waals surface area contributed by atoms with E-state index in [1.807, 2.05) is 13.0 Å². The normalized spacial score (nSPS) is 8.00. The van der Waals surface area contributed by atoms with Gasteiger partial charge in [0.15, 0.2) is 0 Å². The Kier molecular flexibility index (Phi) is 3.77. The molecule has 0 saturated heterocycles. The average molecular weight is 62.7 g/mol. The fourth-order valence-electron chi connectivity index (χ4n) is 0.111. The van der Waals surface area contributed by atoms with E-state index in [1.165, 1.54) is 6.80 Å². The molecule has 0 N–H and O–H groups in total. The van der Waals surface area contributed by atoms with Gasteiger partial charge in [-0.15, -0.1) is 0 Å². The molecule has 0 aromatic rings. The van der Waals surface area contributed by atoms with Crippen molar-refractivity contribution in [3.05, 3.63) is 12.1 Å². The van der Waals surface area contributed by atoms with Gasteiger partial charge in [-0.3, -0.25) is 0 Å². The van der Waals surface area contributed by atoms with Crippen LogP contribution in [-0.2, 0) is 0 Å². The van der Waals surface area contributed by atoms with Crippen LogP contribution in [0.1, 0.15) is 6.92 Å². The van der Waals surface area contributed by atoms with Crippen molar-refractivity contribution in [3.8, 4) is 0 Å². The van der Waals surface area contributed by atoms with Crippen molar-refractivity contribution in [1.82, 2.24) is 0 Å². The van der Waals surface area contributed by atoms with Gasteiger partial charge in [-0.25, -0.2) is 0 Å². The molecular formula is C3H5B2. The first-order valence-corrected chi connectivity index (χ1v) is 1.58. The van der Waals surface area contributed by atoms with Crippen LogP contribution in [0.15, 0.2) is 12.1 Å². The van der Waals surface area contributed by atoms with Gasteiger partial charge in [-0.2, -0.15) is 0 Å². The second-order valence-electron chi connectivity index (χ2n) is 0.718. The van der Waals surface area contributed by atoms with Crippen LogP contribution in [0.25, 0.3) is 0 Å². The fraction of sp³-hybridized carbons (Fsp3) is 0.333. The van der Waals surface area contributed by atoms with Crippen molar-refractivity contribution >= 4 is 14.2 Å². The molecule has 23 valence electrons. The van der Waals surface area contributed by atoms with E-state index >= 15 is 0 Å². The van der Waals surface area contributed by atoms with Crippen molar-refractivity contribution in [2.75, 3.05) is 0 Å². The van der Waals surface area contributed by atoms with Gasteiger partial charge in [-0.05, 0) is 0 Å². The van der Waals surface area contributed by atoms with Crippen LogP contribution < -0.4 is 0 Å². The monoisotopic (exact) mass is 63.1 g/mol. The van der Waals surface area contributed by atoms with Crippen molar-refractivity contribution in [3.63, 3.8) is 0 Å². The zero-order valence-corrected chi connectivity index (χ0v) is 3.31. The van der Waals surface area contributed by atoms with E-state index < -0.39 is 0 Å². The quantitative estimate of drug-likeness (QED) is 0.384. The Morgan fingerprint density at radius 3 is 2.40 bits per heavy atom. The van der Waals surface area contributed by atoms with Crippen LogP contribution in [0, 0.1) is 0 Å². The topological polar surface area (TPSA) is 0 Å².